The maximum Gasteiger partial charge on any atom is 0.224 e. The largest absolute Gasteiger partial charge is 0.353 e. The molecule has 0 radical (unpaired) electrons. The van der Waals surface area contributed by atoms with E-state index in [4.69, 9.17) is 11.6 Å². The molecule has 5 nitrogen and oxygen atoms in total. The normalized spacial score (nSPS) is 19.3. The maximum atomic E-state index is 12.1. The summed E-state index contributed by atoms with van der Waals surface area (Å²) < 4.78 is 1.71. The molecule has 6 heteroatoms. The van der Waals surface area contributed by atoms with Crippen LogP contribution in [0.3, 0.4) is 0 Å². The highest BCUT2D eigenvalue weighted by molar-refractivity contribution is 6.30. The van der Waals surface area contributed by atoms with E-state index in [1.165, 1.54) is 0 Å². The van der Waals surface area contributed by atoms with Crippen molar-refractivity contribution in [3.63, 3.8) is 0 Å². The molecular formula is C13H21ClN4O. The molecule has 0 aromatic carbocycles. The topological polar surface area (TPSA) is 50.2 Å². The molecule has 1 aliphatic heterocycles. The fraction of sp³-hybridized carbons (Fsp3) is 0.692. The van der Waals surface area contributed by atoms with Gasteiger partial charge in [0.2, 0.25) is 5.91 Å². The third kappa shape index (κ3) is 4.21. The molecule has 0 bridgehead atoms. The number of hydrogen-bond acceptors (Lipinski definition) is 3. The summed E-state index contributed by atoms with van der Waals surface area (Å²) >= 11 is 5.80. The van der Waals surface area contributed by atoms with E-state index >= 15 is 0 Å². The van der Waals surface area contributed by atoms with Gasteiger partial charge < -0.3 is 10.2 Å². The van der Waals surface area contributed by atoms with Crippen molar-refractivity contribution in [3.05, 3.63) is 17.4 Å². The lowest BCUT2D eigenvalue weighted by atomic mass is 10.0. The number of hydrogen-bond donors (Lipinski definition) is 1. The molecule has 2 heterocycles. The van der Waals surface area contributed by atoms with Gasteiger partial charge in [-0.05, 0) is 33.0 Å². The van der Waals surface area contributed by atoms with Crippen LogP contribution in [0.5, 0.6) is 0 Å². The minimum Gasteiger partial charge on any atom is -0.353 e. The molecule has 1 amide bonds. The first kappa shape index (κ1) is 14.3. The number of likely N-dealkylation sites (tertiary alicyclic amines) is 1. The van der Waals surface area contributed by atoms with Crippen LogP contribution in [0.1, 0.15) is 19.8 Å². The van der Waals surface area contributed by atoms with E-state index in [9.17, 15) is 4.79 Å². The highest BCUT2D eigenvalue weighted by Crippen LogP contribution is 2.11. The van der Waals surface area contributed by atoms with Gasteiger partial charge in [0.25, 0.3) is 0 Å². The number of nitrogens with zero attached hydrogens (tertiary/aromatic N) is 3. The highest BCUT2D eigenvalue weighted by Gasteiger charge is 2.21. The minimum atomic E-state index is -0.101. The number of rotatable bonds is 4. The first-order chi connectivity index (χ1) is 9.04. The van der Waals surface area contributed by atoms with Crippen molar-refractivity contribution in [1.82, 2.24) is 20.0 Å². The Bertz CT molecular complexity index is 426. The lowest BCUT2D eigenvalue weighted by Crippen LogP contribution is -2.45. The van der Waals surface area contributed by atoms with E-state index in [1.807, 2.05) is 6.92 Å². The van der Waals surface area contributed by atoms with Gasteiger partial charge in [-0.3, -0.25) is 9.48 Å². The summed E-state index contributed by atoms with van der Waals surface area (Å²) in [5.74, 6) is -0.00296. The summed E-state index contributed by atoms with van der Waals surface area (Å²) in [4.78, 5) is 14.4. The SMILES string of the molecule is C[C@@H](Cn1cc(Cl)cn1)C(=O)NC1CCN(C)CC1. The summed E-state index contributed by atoms with van der Waals surface area (Å²) in [6, 6.07) is 0.312. The Labute approximate surface area is 118 Å². The van der Waals surface area contributed by atoms with Crippen molar-refractivity contribution < 1.29 is 4.79 Å². The number of amides is 1. The van der Waals surface area contributed by atoms with Crippen LogP contribution in [-0.2, 0) is 11.3 Å². The maximum absolute atomic E-state index is 12.1. The smallest absolute Gasteiger partial charge is 0.224 e. The van der Waals surface area contributed by atoms with Crippen LogP contribution in [0.4, 0.5) is 0 Å². The van der Waals surface area contributed by atoms with Crippen molar-refractivity contribution in [2.45, 2.75) is 32.4 Å². The Morgan fingerprint density at radius 2 is 2.26 bits per heavy atom. The van der Waals surface area contributed by atoms with Gasteiger partial charge in [-0.15, -0.1) is 0 Å². The predicted molar refractivity (Wildman–Crippen MR) is 75.1 cm³/mol. The fourth-order valence-corrected chi connectivity index (χ4v) is 2.45. The third-order valence-electron chi connectivity index (χ3n) is 3.58. The van der Waals surface area contributed by atoms with Crippen LogP contribution in [0.15, 0.2) is 12.4 Å². The van der Waals surface area contributed by atoms with Crippen LogP contribution in [0.25, 0.3) is 0 Å². The van der Waals surface area contributed by atoms with Gasteiger partial charge in [0, 0.05) is 12.2 Å². The van der Waals surface area contributed by atoms with Crippen LogP contribution in [0.2, 0.25) is 5.02 Å². The summed E-state index contributed by atoms with van der Waals surface area (Å²) in [5.41, 5.74) is 0. The van der Waals surface area contributed by atoms with Gasteiger partial charge in [0.15, 0.2) is 0 Å². The lowest BCUT2D eigenvalue weighted by molar-refractivity contribution is -0.126. The van der Waals surface area contributed by atoms with E-state index in [1.54, 1.807) is 17.1 Å². The van der Waals surface area contributed by atoms with E-state index in [0.717, 1.165) is 25.9 Å². The number of carbonyl (C=O) groups is 1. The zero-order valence-corrected chi connectivity index (χ0v) is 12.2. The van der Waals surface area contributed by atoms with Gasteiger partial charge in [-0.25, -0.2) is 0 Å². The molecule has 1 N–H and O–H groups in total. The molecule has 106 valence electrons. The van der Waals surface area contributed by atoms with Gasteiger partial charge in [-0.2, -0.15) is 5.10 Å². The van der Waals surface area contributed by atoms with Gasteiger partial charge >= 0.3 is 0 Å². The number of carbonyl (C=O) groups excluding carboxylic acids is 1. The van der Waals surface area contributed by atoms with E-state index in [0.29, 0.717) is 17.6 Å². The zero-order valence-electron chi connectivity index (χ0n) is 11.5. The molecule has 1 saturated heterocycles. The molecular weight excluding hydrogens is 264 g/mol. The standard InChI is InChI=1S/C13H21ClN4O/c1-10(8-18-9-11(14)7-15-18)13(19)16-12-3-5-17(2)6-4-12/h7,9-10,12H,3-6,8H2,1-2H3,(H,16,19)/t10-/m0/s1. The molecule has 2 rings (SSSR count). The van der Waals surface area contributed by atoms with Gasteiger partial charge in [0.1, 0.15) is 0 Å². The predicted octanol–water partition coefficient (Wildman–Crippen LogP) is 1.38. The molecule has 19 heavy (non-hydrogen) atoms. The van der Waals surface area contributed by atoms with Crippen LogP contribution in [0, 0.1) is 5.92 Å². The van der Waals surface area contributed by atoms with Crippen LogP contribution >= 0.6 is 11.6 Å². The van der Waals surface area contributed by atoms with Crippen molar-refractivity contribution >= 4 is 17.5 Å². The fourth-order valence-electron chi connectivity index (χ4n) is 2.30. The van der Waals surface area contributed by atoms with Crippen LogP contribution in [-0.4, -0.2) is 46.8 Å². The Balaban J connectivity index is 1.79. The second-order valence-electron chi connectivity index (χ2n) is 5.37. The molecule has 0 saturated carbocycles. The molecule has 0 unspecified atom stereocenters. The van der Waals surface area contributed by atoms with Crippen LogP contribution < -0.4 is 5.32 Å². The number of aromatic nitrogens is 2. The second-order valence-corrected chi connectivity index (χ2v) is 5.80. The molecule has 1 aliphatic rings. The van der Waals surface area contributed by atoms with Crippen molar-refractivity contribution in [2.75, 3.05) is 20.1 Å². The van der Waals surface area contributed by atoms with E-state index in [2.05, 4.69) is 22.4 Å². The quantitative estimate of drug-likeness (QED) is 0.909. The Morgan fingerprint density at radius 3 is 2.84 bits per heavy atom. The van der Waals surface area contributed by atoms with Crippen molar-refractivity contribution in [3.8, 4) is 0 Å². The molecule has 1 fully saturated rings. The Kier molecular flexibility index (Phi) is 4.82. The zero-order chi connectivity index (χ0) is 13.8. The minimum absolute atomic E-state index is 0.0983. The average molecular weight is 285 g/mol. The summed E-state index contributed by atoms with van der Waals surface area (Å²) in [6.07, 6.45) is 5.38. The summed E-state index contributed by atoms with van der Waals surface area (Å²) in [5, 5.41) is 7.82. The number of nitrogens with one attached hydrogen (secondary N) is 1. The Morgan fingerprint density at radius 1 is 1.58 bits per heavy atom. The Hall–Kier alpha value is -1.07. The second kappa shape index (κ2) is 6.39. The first-order valence-corrected chi connectivity index (χ1v) is 7.09. The van der Waals surface area contributed by atoms with Crippen molar-refractivity contribution in [2.24, 2.45) is 5.92 Å². The number of piperidine rings is 1. The number of halogens is 1. The summed E-state index contributed by atoms with van der Waals surface area (Å²) in [7, 11) is 2.11. The average Bonchev–Trinajstić information content (AvgIpc) is 2.77. The van der Waals surface area contributed by atoms with E-state index < -0.39 is 0 Å². The molecule has 1 aromatic rings. The third-order valence-corrected chi connectivity index (χ3v) is 3.77. The van der Waals surface area contributed by atoms with E-state index in [-0.39, 0.29) is 11.8 Å². The highest BCUT2D eigenvalue weighted by atomic mass is 35.5. The van der Waals surface area contributed by atoms with Crippen molar-refractivity contribution in [1.29, 1.82) is 0 Å². The lowest BCUT2D eigenvalue weighted by Gasteiger charge is -2.30. The summed E-state index contributed by atoms with van der Waals surface area (Å²) in [6.45, 7) is 4.58. The molecule has 1 aromatic heterocycles. The molecule has 0 aliphatic carbocycles. The first-order valence-electron chi connectivity index (χ1n) is 6.71. The molecule has 0 spiro atoms. The van der Waals surface area contributed by atoms with Gasteiger partial charge in [0.05, 0.1) is 23.7 Å². The van der Waals surface area contributed by atoms with Gasteiger partial charge in [-0.1, -0.05) is 18.5 Å². The monoisotopic (exact) mass is 284 g/mol. The molecule has 1 atom stereocenters.